The summed E-state index contributed by atoms with van der Waals surface area (Å²) < 4.78 is 10.8. The first kappa shape index (κ1) is 23.8. The van der Waals surface area contributed by atoms with Gasteiger partial charge in [0, 0.05) is 26.2 Å². The lowest BCUT2D eigenvalue weighted by atomic mass is 10.1. The maximum absolute atomic E-state index is 13.3. The second-order valence-electron chi connectivity index (χ2n) is 7.49. The third-order valence-corrected chi connectivity index (χ3v) is 6.23. The SMILES string of the molecule is COc1ccccc1C(=O)N[C@@H](CCSC)C(=O)N1CCN(c2ccccc2OC)CC1. The number of thioether (sulfide) groups is 1. The number of piperazine rings is 1. The van der Waals surface area contributed by atoms with Crippen LogP contribution in [0.4, 0.5) is 5.69 Å². The molecule has 8 heteroatoms. The summed E-state index contributed by atoms with van der Waals surface area (Å²) in [6, 6.07) is 14.4. The standard InChI is InChI=1S/C24H31N3O4S/c1-30-21-10-6-4-8-18(21)23(28)25-19(12-17-32-3)24(29)27-15-13-26(14-16-27)20-9-5-7-11-22(20)31-2/h4-11,19H,12-17H2,1-3H3,(H,25,28)/t19-/m0/s1. The van der Waals surface area contributed by atoms with Crippen molar-refractivity contribution in [1.82, 2.24) is 10.2 Å². The van der Waals surface area contributed by atoms with Crippen molar-refractivity contribution in [3.8, 4) is 11.5 Å². The lowest BCUT2D eigenvalue weighted by Gasteiger charge is -2.38. The van der Waals surface area contributed by atoms with Crippen LogP contribution in [0.15, 0.2) is 48.5 Å². The summed E-state index contributed by atoms with van der Waals surface area (Å²) in [6.07, 6.45) is 2.57. The van der Waals surface area contributed by atoms with Crippen LogP contribution in [0.25, 0.3) is 0 Å². The first-order chi connectivity index (χ1) is 15.6. The van der Waals surface area contributed by atoms with E-state index in [2.05, 4.69) is 10.2 Å². The third-order valence-electron chi connectivity index (χ3n) is 5.58. The molecule has 7 nitrogen and oxygen atoms in total. The van der Waals surface area contributed by atoms with Gasteiger partial charge in [0.1, 0.15) is 17.5 Å². The quantitative estimate of drug-likeness (QED) is 0.624. The van der Waals surface area contributed by atoms with Crippen molar-refractivity contribution in [3.05, 3.63) is 54.1 Å². The van der Waals surface area contributed by atoms with Gasteiger partial charge < -0.3 is 24.6 Å². The molecule has 2 aromatic carbocycles. The highest BCUT2D eigenvalue weighted by Gasteiger charge is 2.29. The molecule has 0 radical (unpaired) electrons. The van der Waals surface area contributed by atoms with E-state index >= 15 is 0 Å². The number of anilines is 1. The van der Waals surface area contributed by atoms with Gasteiger partial charge in [-0.2, -0.15) is 11.8 Å². The number of ether oxygens (including phenoxy) is 2. The van der Waals surface area contributed by atoms with E-state index in [1.165, 1.54) is 7.11 Å². The van der Waals surface area contributed by atoms with Crippen molar-refractivity contribution >= 4 is 29.3 Å². The van der Waals surface area contributed by atoms with Crippen molar-refractivity contribution in [2.45, 2.75) is 12.5 Å². The van der Waals surface area contributed by atoms with Crippen LogP contribution < -0.4 is 19.7 Å². The van der Waals surface area contributed by atoms with Crippen molar-refractivity contribution in [1.29, 1.82) is 0 Å². The van der Waals surface area contributed by atoms with Gasteiger partial charge in [-0.1, -0.05) is 24.3 Å². The highest BCUT2D eigenvalue weighted by atomic mass is 32.2. The number of amides is 2. The molecule has 0 bridgehead atoms. The van der Waals surface area contributed by atoms with Gasteiger partial charge in [-0.15, -0.1) is 0 Å². The average Bonchev–Trinajstić information content (AvgIpc) is 2.86. The van der Waals surface area contributed by atoms with Crippen LogP contribution in [0.3, 0.4) is 0 Å². The zero-order valence-electron chi connectivity index (χ0n) is 18.9. The van der Waals surface area contributed by atoms with Gasteiger partial charge in [0.25, 0.3) is 5.91 Å². The molecule has 2 amide bonds. The van der Waals surface area contributed by atoms with Gasteiger partial charge in [0.2, 0.25) is 5.91 Å². The Hall–Kier alpha value is -2.87. The van der Waals surface area contributed by atoms with Crippen LogP contribution in [-0.2, 0) is 4.79 Å². The van der Waals surface area contributed by atoms with Crippen LogP contribution in [0.5, 0.6) is 11.5 Å². The molecule has 0 aliphatic carbocycles. The topological polar surface area (TPSA) is 71.1 Å². The van der Waals surface area contributed by atoms with Gasteiger partial charge >= 0.3 is 0 Å². The molecule has 3 rings (SSSR count). The molecular weight excluding hydrogens is 426 g/mol. The smallest absolute Gasteiger partial charge is 0.255 e. The fourth-order valence-corrected chi connectivity index (χ4v) is 4.31. The van der Waals surface area contributed by atoms with E-state index in [4.69, 9.17) is 9.47 Å². The lowest BCUT2D eigenvalue weighted by Crippen LogP contribution is -2.55. The fraction of sp³-hybridized carbons (Fsp3) is 0.417. The molecule has 1 aliphatic heterocycles. The summed E-state index contributed by atoms with van der Waals surface area (Å²) in [4.78, 5) is 30.3. The van der Waals surface area contributed by atoms with E-state index < -0.39 is 6.04 Å². The summed E-state index contributed by atoms with van der Waals surface area (Å²) in [5, 5.41) is 2.94. The summed E-state index contributed by atoms with van der Waals surface area (Å²) in [6.45, 7) is 2.61. The second kappa shape index (κ2) is 11.7. The number of carbonyl (C=O) groups is 2. The molecule has 0 spiro atoms. The molecule has 0 aromatic heterocycles. The third kappa shape index (κ3) is 5.68. The average molecular weight is 458 g/mol. The molecule has 1 aliphatic rings. The summed E-state index contributed by atoms with van der Waals surface area (Å²) >= 11 is 1.66. The van der Waals surface area contributed by atoms with Gasteiger partial charge in [-0.05, 0) is 42.7 Å². The molecule has 1 fully saturated rings. The van der Waals surface area contributed by atoms with Crippen molar-refractivity contribution < 1.29 is 19.1 Å². The molecule has 172 valence electrons. The largest absolute Gasteiger partial charge is 0.496 e. The number of benzene rings is 2. The monoisotopic (exact) mass is 457 g/mol. The molecular formula is C24H31N3O4S. The molecule has 1 heterocycles. The predicted molar refractivity (Wildman–Crippen MR) is 129 cm³/mol. The Morgan fingerprint density at radius 1 is 0.969 bits per heavy atom. The van der Waals surface area contributed by atoms with Gasteiger partial charge in [-0.3, -0.25) is 9.59 Å². The lowest BCUT2D eigenvalue weighted by molar-refractivity contribution is -0.133. The normalized spacial score (nSPS) is 14.6. The number of hydrogen-bond acceptors (Lipinski definition) is 6. The first-order valence-corrected chi connectivity index (χ1v) is 12.1. The van der Waals surface area contributed by atoms with Crippen LogP contribution in [0, 0.1) is 0 Å². The zero-order valence-corrected chi connectivity index (χ0v) is 19.7. The Kier molecular flexibility index (Phi) is 8.67. The van der Waals surface area contributed by atoms with E-state index in [-0.39, 0.29) is 11.8 Å². The minimum absolute atomic E-state index is 0.0398. The Balaban J connectivity index is 1.66. The van der Waals surface area contributed by atoms with Crippen LogP contribution in [0.1, 0.15) is 16.8 Å². The number of carbonyl (C=O) groups excluding carboxylic acids is 2. The number of hydrogen-bond donors (Lipinski definition) is 1. The number of nitrogens with zero attached hydrogens (tertiary/aromatic N) is 2. The van der Waals surface area contributed by atoms with Gasteiger partial charge in [0.05, 0.1) is 25.5 Å². The second-order valence-corrected chi connectivity index (χ2v) is 8.48. The Morgan fingerprint density at radius 3 is 2.25 bits per heavy atom. The van der Waals surface area contributed by atoms with Crippen molar-refractivity contribution in [2.24, 2.45) is 0 Å². The Labute approximate surface area is 194 Å². The highest BCUT2D eigenvalue weighted by molar-refractivity contribution is 7.98. The Morgan fingerprint density at radius 2 is 1.59 bits per heavy atom. The van der Waals surface area contributed by atoms with Gasteiger partial charge in [-0.25, -0.2) is 0 Å². The number of methoxy groups -OCH3 is 2. The minimum atomic E-state index is -0.572. The maximum atomic E-state index is 13.3. The summed E-state index contributed by atoms with van der Waals surface area (Å²) in [7, 11) is 3.20. The van der Waals surface area contributed by atoms with E-state index in [9.17, 15) is 9.59 Å². The molecule has 0 unspecified atom stereocenters. The van der Waals surface area contributed by atoms with Gasteiger partial charge in [0.15, 0.2) is 0 Å². The van der Waals surface area contributed by atoms with Crippen molar-refractivity contribution in [3.63, 3.8) is 0 Å². The molecule has 0 saturated carbocycles. The predicted octanol–water partition coefficient (Wildman–Crippen LogP) is 2.90. The van der Waals surface area contributed by atoms with Crippen LogP contribution in [-0.4, -0.2) is 75.2 Å². The number of para-hydroxylation sites is 3. The maximum Gasteiger partial charge on any atom is 0.255 e. The van der Waals surface area contributed by atoms with Crippen molar-refractivity contribution in [2.75, 3.05) is 57.3 Å². The zero-order chi connectivity index (χ0) is 22.9. The van der Waals surface area contributed by atoms with Crippen LogP contribution in [0.2, 0.25) is 0 Å². The minimum Gasteiger partial charge on any atom is -0.496 e. The van der Waals surface area contributed by atoms with E-state index in [1.54, 1.807) is 37.1 Å². The molecule has 1 atom stereocenters. The van der Waals surface area contributed by atoms with E-state index in [1.807, 2.05) is 41.5 Å². The van der Waals surface area contributed by atoms with Crippen LogP contribution >= 0.6 is 11.8 Å². The van der Waals surface area contributed by atoms with E-state index in [0.717, 1.165) is 17.2 Å². The molecule has 32 heavy (non-hydrogen) atoms. The summed E-state index contributed by atoms with van der Waals surface area (Å²) in [5.74, 6) is 1.77. The fourth-order valence-electron chi connectivity index (χ4n) is 3.84. The first-order valence-electron chi connectivity index (χ1n) is 10.7. The number of nitrogens with one attached hydrogen (secondary N) is 1. The molecule has 1 saturated heterocycles. The Bertz CT molecular complexity index is 916. The molecule has 2 aromatic rings. The van der Waals surface area contributed by atoms with E-state index in [0.29, 0.717) is 43.9 Å². The number of rotatable bonds is 9. The molecule has 1 N–H and O–H groups in total. The summed E-state index contributed by atoms with van der Waals surface area (Å²) in [5.41, 5.74) is 1.46. The highest BCUT2D eigenvalue weighted by Crippen LogP contribution is 2.28.